The summed E-state index contributed by atoms with van der Waals surface area (Å²) in [6.45, 7) is 2.53. The lowest BCUT2D eigenvalue weighted by Gasteiger charge is -2.14. The number of hydrogen-bond acceptors (Lipinski definition) is 2. The minimum absolute atomic E-state index is 0.0342. The van der Waals surface area contributed by atoms with Crippen LogP contribution in [0.3, 0.4) is 0 Å². The fourth-order valence-electron chi connectivity index (χ4n) is 3.25. The second-order valence-electron chi connectivity index (χ2n) is 6.80. The quantitative estimate of drug-likeness (QED) is 0.349. The topological polar surface area (TPSA) is 18.5 Å². The Hall–Kier alpha value is -2.89. The number of aryl methyl sites for hydroxylation is 1. The van der Waals surface area contributed by atoms with Gasteiger partial charge in [0.05, 0.1) is 11.6 Å². The van der Waals surface area contributed by atoms with Gasteiger partial charge in [-0.15, -0.1) is 6.42 Å². The summed E-state index contributed by atoms with van der Waals surface area (Å²) in [4.78, 5) is 0. The molecular formula is C26H25ClO2. The van der Waals surface area contributed by atoms with Crippen LogP contribution in [-0.4, -0.2) is 6.61 Å². The zero-order chi connectivity index (χ0) is 20.5. The van der Waals surface area contributed by atoms with Gasteiger partial charge >= 0.3 is 0 Å². The lowest BCUT2D eigenvalue weighted by atomic mass is 9.93. The van der Waals surface area contributed by atoms with Crippen LogP contribution in [0.15, 0.2) is 72.8 Å². The Bertz CT molecular complexity index is 960. The predicted molar refractivity (Wildman–Crippen MR) is 120 cm³/mol. The lowest BCUT2D eigenvalue weighted by molar-refractivity contribution is 0.340. The van der Waals surface area contributed by atoms with Crippen molar-refractivity contribution in [2.24, 2.45) is 0 Å². The van der Waals surface area contributed by atoms with Crippen LogP contribution in [0.2, 0.25) is 5.02 Å². The van der Waals surface area contributed by atoms with E-state index >= 15 is 0 Å². The van der Waals surface area contributed by atoms with Crippen LogP contribution in [0.5, 0.6) is 17.2 Å². The monoisotopic (exact) mass is 404 g/mol. The Balaban J connectivity index is 1.58. The van der Waals surface area contributed by atoms with Crippen LogP contribution < -0.4 is 9.47 Å². The highest BCUT2D eigenvalue weighted by molar-refractivity contribution is 6.32. The molecule has 0 radical (unpaired) electrons. The molecule has 0 amide bonds. The highest BCUT2D eigenvalue weighted by Gasteiger charge is 2.11. The van der Waals surface area contributed by atoms with Gasteiger partial charge in [0.15, 0.2) is 0 Å². The molecule has 3 heteroatoms. The number of terminal acetylenes is 1. The first-order valence-corrected chi connectivity index (χ1v) is 10.3. The van der Waals surface area contributed by atoms with Gasteiger partial charge in [-0.3, -0.25) is 0 Å². The fourth-order valence-corrected chi connectivity index (χ4v) is 3.50. The van der Waals surface area contributed by atoms with Crippen LogP contribution in [0.25, 0.3) is 0 Å². The van der Waals surface area contributed by atoms with E-state index in [9.17, 15) is 0 Å². The number of benzene rings is 3. The Morgan fingerprint density at radius 2 is 1.76 bits per heavy atom. The maximum absolute atomic E-state index is 6.32. The van der Waals surface area contributed by atoms with Crippen molar-refractivity contribution in [3.8, 4) is 29.6 Å². The molecule has 3 aromatic carbocycles. The van der Waals surface area contributed by atoms with Gasteiger partial charge in [-0.2, -0.15) is 0 Å². The first kappa shape index (κ1) is 20.8. The average Bonchev–Trinajstić information content (AvgIpc) is 2.74. The van der Waals surface area contributed by atoms with Crippen molar-refractivity contribution in [1.29, 1.82) is 0 Å². The molecule has 0 saturated heterocycles. The van der Waals surface area contributed by atoms with Crippen molar-refractivity contribution in [3.05, 3.63) is 88.9 Å². The fraction of sp³-hybridized carbons (Fsp3) is 0.231. The molecule has 0 N–H and O–H groups in total. The van der Waals surface area contributed by atoms with Gasteiger partial charge in [-0.05, 0) is 73.7 Å². The molecule has 0 fully saturated rings. The van der Waals surface area contributed by atoms with Gasteiger partial charge in [0, 0.05) is 5.92 Å². The van der Waals surface area contributed by atoms with Crippen molar-refractivity contribution in [3.63, 3.8) is 0 Å². The Labute approximate surface area is 178 Å². The maximum atomic E-state index is 6.32. The molecule has 0 saturated carbocycles. The third-order valence-corrected chi connectivity index (χ3v) is 4.99. The molecule has 3 aromatic rings. The minimum atomic E-state index is 0.0342. The maximum Gasteiger partial charge on any atom is 0.137 e. The second-order valence-corrected chi connectivity index (χ2v) is 7.20. The van der Waals surface area contributed by atoms with E-state index in [2.05, 4.69) is 18.1 Å². The van der Waals surface area contributed by atoms with Crippen LogP contribution in [0, 0.1) is 12.3 Å². The highest BCUT2D eigenvalue weighted by Crippen LogP contribution is 2.31. The molecule has 0 aliphatic rings. The number of ether oxygens (including phenoxy) is 2. The lowest BCUT2D eigenvalue weighted by Crippen LogP contribution is -1.99. The van der Waals surface area contributed by atoms with E-state index < -0.39 is 0 Å². The van der Waals surface area contributed by atoms with E-state index in [1.54, 1.807) is 0 Å². The van der Waals surface area contributed by atoms with Gasteiger partial charge < -0.3 is 9.47 Å². The SMILES string of the molecule is C#CC(CCCc1cccc(Oc2ccccc2)c1)c1ccc(OCC)c(Cl)c1. The molecule has 0 aromatic heterocycles. The summed E-state index contributed by atoms with van der Waals surface area (Å²) in [5, 5.41) is 0.607. The van der Waals surface area contributed by atoms with E-state index in [0.29, 0.717) is 17.4 Å². The van der Waals surface area contributed by atoms with Gasteiger partial charge in [0.2, 0.25) is 0 Å². The molecule has 3 rings (SSSR count). The summed E-state index contributed by atoms with van der Waals surface area (Å²) in [6.07, 6.45) is 8.61. The Kier molecular flexibility index (Phi) is 7.61. The van der Waals surface area contributed by atoms with Crippen molar-refractivity contribution in [2.45, 2.75) is 32.1 Å². The molecule has 1 atom stereocenters. The number of halogens is 1. The van der Waals surface area contributed by atoms with E-state index in [1.165, 1.54) is 5.56 Å². The molecule has 29 heavy (non-hydrogen) atoms. The number of hydrogen-bond donors (Lipinski definition) is 0. The van der Waals surface area contributed by atoms with Gasteiger partial charge in [-0.25, -0.2) is 0 Å². The third kappa shape index (κ3) is 6.04. The van der Waals surface area contributed by atoms with Crippen molar-refractivity contribution in [2.75, 3.05) is 6.61 Å². The normalized spacial score (nSPS) is 11.5. The molecule has 0 aliphatic heterocycles. The summed E-state index contributed by atoms with van der Waals surface area (Å²) in [7, 11) is 0. The minimum Gasteiger partial charge on any atom is -0.492 e. The smallest absolute Gasteiger partial charge is 0.137 e. The zero-order valence-corrected chi connectivity index (χ0v) is 17.4. The molecule has 148 valence electrons. The van der Waals surface area contributed by atoms with Crippen molar-refractivity contribution >= 4 is 11.6 Å². The van der Waals surface area contributed by atoms with E-state index in [0.717, 1.165) is 36.3 Å². The van der Waals surface area contributed by atoms with Gasteiger partial charge in [0.1, 0.15) is 17.2 Å². The molecule has 1 unspecified atom stereocenters. The Morgan fingerprint density at radius 3 is 2.48 bits per heavy atom. The predicted octanol–water partition coefficient (Wildman–Crippen LogP) is 7.27. The van der Waals surface area contributed by atoms with Crippen LogP contribution >= 0.6 is 11.6 Å². The molecule has 0 heterocycles. The third-order valence-electron chi connectivity index (χ3n) is 4.69. The van der Waals surface area contributed by atoms with Gasteiger partial charge in [-0.1, -0.05) is 53.9 Å². The highest BCUT2D eigenvalue weighted by atomic mass is 35.5. The largest absolute Gasteiger partial charge is 0.492 e. The summed E-state index contributed by atoms with van der Waals surface area (Å²) < 4.78 is 11.4. The summed E-state index contributed by atoms with van der Waals surface area (Å²) in [6, 6.07) is 23.8. The van der Waals surface area contributed by atoms with Crippen molar-refractivity contribution in [1.82, 2.24) is 0 Å². The van der Waals surface area contributed by atoms with E-state index in [-0.39, 0.29) is 5.92 Å². The van der Waals surface area contributed by atoms with Gasteiger partial charge in [0.25, 0.3) is 0 Å². The summed E-state index contributed by atoms with van der Waals surface area (Å²) in [5.74, 6) is 5.32. The molecule has 0 spiro atoms. The molecule has 0 aliphatic carbocycles. The van der Waals surface area contributed by atoms with E-state index in [1.807, 2.05) is 67.6 Å². The van der Waals surface area contributed by atoms with Crippen molar-refractivity contribution < 1.29 is 9.47 Å². The van der Waals surface area contributed by atoms with Crippen LogP contribution in [-0.2, 0) is 6.42 Å². The summed E-state index contributed by atoms with van der Waals surface area (Å²) >= 11 is 6.32. The molecule has 0 bridgehead atoms. The summed E-state index contributed by atoms with van der Waals surface area (Å²) in [5.41, 5.74) is 2.29. The Morgan fingerprint density at radius 1 is 0.966 bits per heavy atom. The molecule has 2 nitrogen and oxygen atoms in total. The van der Waals surface area contributed by atoms with Crippen LogP contribution in [0.1, 0.15) is 36.8 Å². The first-order valence-electron chi connectivity index (χ1n) is 9.90. The standard InChI is InChI=1S/C26H25ClO2/c1-3-21(22-16-17-26(28-4-2)25(27)19-22)12-8-10-20-11-9-15-24(18-20)29-23-13-6-5-7-14-23/h1,5-7,9,11,13-19,21H,4,8,10,12H2,2H3. The molecular weight excluding hydrogens is 380 g/mol. The average molecular weight is 405 g/mol. The van der Waals surface area contributed by atoms with E-state index in [4.69, 9.17) is 27.5 Å². The second kappa shape index (κ2) is 10.6. The number of rotatable bonds is 9. The van der Waals surface area contributed by atoms with Crippen LogP contribution in [0.4, 0.5) is 0 Å². The number of para-hydroxylation sites is 1. The first-order chi connectivity index (χ1) is 14.2. The zero-order valence-electron chi connectivity index (χ0n) is 16.6.